The maximum atomic E-state index is 14.0. The van der Waals surface area contributed by atoms with Crippen LogP contribution >= 0.6 is 22.3 Å². The summed E-state index contributed by atoms with van der Waals surface area (Å²) in [6.07, 6.45) is 1.48. The highest BCUT2D eigenvalue weighted by molar-refractivity contribution is 8.13. The number of halogens is 3. The van der Waals surface area contributed by atoms with Gasteiger partial charge < -0.3 is 4.74 Å². The summed E-state index contributed by atoms with van der Waals surface area (Å²) in [6, 6.07) is 1.85. The summed E-state index contributed by atoms with van der Waals surface area (Å²) in [6.45, 7) is 4.16. The number of rotatable bonds is 6. The van der Waals surface area contributed by atoms with Gasteiger partial charge in [-0.25, -0.2) is 17.6 Å². The van der Waals surface area contributed by atoms with E-state index in [2.05, 4.69) is 0 Å². The van der Waals surface area contributed by atoms with Crippen LogP contribution in [-0.2, 0) is 13.8 Å². The molecule has 0 aliphatic heterocycles. The Hall–Kier alpha value is -0.850. The minimum atomic E-state index is -4.34. The summed E-state index contributed by atoms with van der Waals surface area (Å²) in [5, 5.41) is -0.121. The van der Waals surface area contributed by atoms with Crippen LogP contribution in [0.3, 0.4) is 0 Å². The molecule has 0 aliphatic rings. The highest BCUT2D eigenvalue weighted by Gasteiger charge is 2.24. The standard InChI is InChI=1S/C13H15Cl2FO4S/c1-8(2)4-3-5-20-13(17)10-6-9(14)7-11(12(10)16)21(15,18)19/h6-8H,3-5H2,1-2H3. The topological polar surface area (TPSA) is 60.4 Å². The predicted octanol–water partition coefficient (Wildman–Crippen LogP) is 4.00. The number of hydrogen-bond acceptors (Lipinski definition) is 4. The minimum absolute atomic E-state index is 0.117. The van der Waals surface area contributed by atoms with E-state index in [4.69, 9.17) is 27.0 Å². The Kier molecular flexibility index (Phi) is 6.43. The zero-order chi connectivity index (χ0) is 16.2. The molecule has 0 aliphatic carbocycles. The Morgan fingerprint density at radius 2 is 2.00 bits per heavy atom. The van der Waals surface area contributed by atoms with Crippen molar-refractivity contribution in [3.63, 3.8) is 0 Å². The van der Waals surface area contributed by atoms with Crippen LogP contribution in [0.2, 0.25) is 5.02 Å². The minimum Gasteiger partial charge on any atom is -0.462 e. The molecule has 0 amide bonds. The van der Waals surface area contributed by atoms with Gasteiger partial charge in [-0.1, -0.05) is 25.4 Å². The molecule has 118 valence electrons. The molecule has 1 aromatic carbocycles. The number of ether oxygens (including phenoxy) is 1. The van der Waals surface area contributed by atoms with Gasteiger partial charge in [0.15, 0.2) is 5.82 Å². The van der Waals surface area contributed by atoms with Gasteiger partial charge in [-0.2, -0.15) is 0 Å². The molecule has 0 N–H and O–H groups in total. The third-order valence-corrected chi connectivity index (χ3v) is 4.18. The molecular formula is C13H15Cl2FO4S. The first kappa shape index (κ1) is 18.2. The fraction of sp³-hybridized carbons (Fsp3) is 0.462. The van der Waals surface area contributed by atoms with Crippen LogP contribution in [-0.4, -0.2) is 21.0 Å². The summed E-state index contributed by atoms with van der Waals surface area (Å²) >= 11 is 5.68. The quantitative estimate of drug-likeness (QED) is 0.439. The lowest BCUT2D eigenvalue weighted by atomic mass is 10.1. The van der Waals surface area contributed by atoms with Crippen LogP contribution < -0.4 is 0 Å². The van der Waals surface area contributed by atoms with E-state index in [1.807, 2.05) is 13.8 Å². The second-order valence-corrected chi connectivity index (χ2v) is 7.85. The summed E-state index contributed by atoms with van der Waals surface area (Å²) in [5.41, 5.74) is -0.550. The SMILES string of the molecule is CC(C)CCCOC(=O)c1cc(Cl)cc(S(=O)(=O)Cl)c1F. The largest absolute Gasteiger partial charge is 0.462 e. The number of esters is 1. The van der Waals surface area contributed by atoms with Crippen LogP contribution in [0, 0.1) is 11.7 Å². The molecule has 0 atom stereocenters. The van der Waals surface area contributed by atoms with Crippen molar-refractivity contribution < 1.29 is 22.3 Å². The summed E-state index contributed by atoms with van der Waals surface area (Å²) in [7, 11) is 0.752. The molecule has 1 rings (SSSR count). The molecule has 0 aromatic heterocycles. The van der Waals surface area contributed by atoms with E-state index in [-0.39, 0.29) is 11.6 Å². The molecule has 4 nitrogen and oxygen atoms in total. The molecule has 0 saturated heterocycles. The van der Waals surface area contributed by atoms with Crippen LogP contribution in [0.5, 0.6) is 0 Å². The van der Waals surface area contributed by atoms with Crippen molar-refractivity contribution in [2.75, 3.05) is 6.61 Å². The Labute approximate surface area is 132 Å². The van der Waals surface area contributed by atoms with E-state index in [1.165, 1.54) is 0 Å². The third kappa shape index (κ3) is 5.45. The molecule has 0 fully saturated rings. The van der Waals surface area contributed by atoms with Gasteiger partial charge >= 0.3 is 5.97 Å². The lowest BCUT2D eigenvalue weighted by Crippen LogP contribution is -2.11. The fourth-order valence-electron chi connectivity index (χ4n) is 1.62. The molecule has 0 heterocycles. The molecule has 0 radical (unpaired) electrons. The number of benzene rings is 1. The first-order valence-electron chi connectivity index (χ1n) is 6.23. The van der Waals surface area contributed by atoms with Gasteiger partial charge in [0, 0.05) is 15.7 Å². The maximum absolute atomic E-state index is 14.0. The molecule has 0 bridgehead atoms. The van der Waals surface area contributed by atoms with Crippen LogP contribution in [0.1, 0.15) is 37.0 Å². The van der Waals surface area contributed by atoms with Crippen LogP contribution in [0.15, 0.2) is 17.0 Å². The molecule has 0 unspecified atom stereocenters. The van der Waals surface area contributed by atoms with Crippen molar-refractivity contribution in [3.8, 4) is 0 Å². The highest BCUT2D eigenvalue weighted by Crippen LogP contribution is 2.26. The van der Waals surface area contributed by atoms with Crippen molar-refractivity contribution in [1.82, 2.24) is 0 Å². The Morgan fingerprint density at radius 3 is 2.52 bits per heavy atom. The second kappa shape index (κ2) is 7.42. The zero-order valence-electron chi connectivity index (χ0n) is 11.5. The molecule has 0 saturated carbocycles. The van der Waals surface area contributed by atoms with Gasteiger partial charge in [-0.15, -0.1) is 0 Å². The lowest BCUT2D eigenvalue weighted by molar-refractivity contribution is 0.0488. The van der Waals surface area contributed by atoms with E-state index in [1.54, 1.807) is 0 Å². The van der Waals surface area contributed by atoms with Gasteiger partial charge in [0.05, 0.1) is 12.2 Å². The van der Waals surface area contributed by atoms with Crippen LogP contribution in [0.25, 0.3) is 0 Å². The van der Waals surface area contributed by atoms with Gasteiger partial charge in [0.25, 0.3) is 9.05 Å². The Bertz CT molecular complexity index is 629. The van der Waals surface area contributed by atoms with Crippen molar-refractivity contribution in [3.05, 3.63) is 28.5 Å². The predicted molar refractivity (Wildman–Crippen MR) is 78.8 cm³/mol. The van der Waals surface area contributed by atoms with E-state index in [0.717, 1.165) is 18.6 Å². The average Bonchev–Trinajstić information content (AvgIpc) is 2.35. The molecule has 8 heteroatoms. The van der Waals surface area contributed by atoms with E-state index >= 15 is 0 Å². The van der Waals surface area contributed by atoms with Crippen LogP contribution in [0.4, 0.5) is 4.39 Å². The lowest BCUT2D eigenvalue weighted by Gasteiger charge is -2.09. The van der Waals surface area contributed by atoms with Crippen molar-refractivity contribution in [2.45, 2.75) is 31.6 Å². The van der Waals surface area contributed by atoms with E-state index < -0.39 is 31.3 Å². The number of hydrogen-bond donors (Lipinski definition) is 0. The van der Waals surface area contributed by atoms with Gasteiger partial charge in [-0.05, 0) is 30.9 Å². The highest BCUT2D eigenvalue weighted by atomic mass is 35.7. The molecule has 21 heavy (non-hydrogen) atoms. The van der Waals surface area contributed by atoms with Gasteiger partial charge in [0.1, 0.15) is 4.90 Å². The smallest absolute Gasteiger partial charge is 0.341 e. The van der Waals surface area contributed by atoms with E-state index in [9.17, 15) is 17.6 Å². The first-order valence-corrected chi connectivity index (χ1v) is 8.92. The normalized spacial score (nSPS) is 11.7. The van der Waals surface area contributed by atoms with Gasteiger partial charge in [0.2, 0.25) is 0 Å². The summed E-state index contributed by atoms with van der Waals surface area (Å²) in [4.78, 5) is 10.9. The molecular weight excluding hydrogens is 342 g/mol. The van der Waals surface area contributed by atoms with Crippen molar-refractivity contribution in [1.29, 1.82) is 0 Å². The molecule has 1 aromatic rings. The monoisotopic (exact) mass is 356 g/mol. The second-order valence-electron chi connectivity index (χ2n) is 4.88. The maximum Gasteiger partial charge on any atom is 0.341 e. The third-order valence-electron chi connectivity index (χ3n) is 2.65. The van der Waals surface area contributed by atoms with Crippen molar-refractivity contribution >= 4 is 37.3 Å². The van der Waals surface area contributed by atoms with Gasteiger partial charge in [-0.3, -0.25) is 0 Å². The molecule has 0 spiro atoms. The van der Waals surface area contributed by atoms with Crippen molar-refractivity contribution in [2.24, 2.45) is 5.92 Å². The summed E-state index contributed by atoms with van der Waals surface area (Å²) < 4.78 is 41.4. The summed E-state index contributed by atoms with van der Waals surface area (Å²) in [5.74, 6) is -1.77. The number of carbonyl (C=O) groups is 1. The first-order chi connectivity index (χ1) is 9.62. The van der Waals surface area contributed by atoms with E-state index in [0.29, 0.717) is 12.3 Å². The number of carbonyl (C=O) groups excluding carboxylic acids is 1. The Morgan fingerprint density at radius 1 is 1.38 bits per heavy atom. The average molecular weight is 357 g/mol. The Balaban J connectivity index is 2.93. The zero-order valence-corrected chi connectivity index (χ0v) is 13.9. The fourth-order valence-corrected chi connectivity index (χ4v) is 2.84.